The molecule has 1 fully saturated rings. The standard InChI is InChI=1S/C14H14FNO2/c1-9-7-12(9)14(18)16-11-4-5-13(15)10(8-11)3-2-6-17/h4-5,8-9,12,17H,6-7H2,1H3,(H,16,18). The van der Waals surface area contributed by atoms with Gasteiger partial charge in [-0.05, 0) is 30.5 Å². The molecular formula is C14H14FNO2. The average Bonchev–Trinajstić information content (AvgIpc) is 3.07. The van der Waals surface area contributed by atoms with E-state index in [1.54, 1.807) is 0 Å². The van der Waals surface area contributed by atoms with Crippen molar-refractivity contribution in [3.8, 4) is 11.8 Å². The summed E-state index contributed by atoms with van der Waals surface area (Å²) >= 11 is 0. The van der Waals surface area contributed by atoms with Crippen LogP contribution in [0, 0.1) is 29.5 Å². The third-order valence-corrected chi connectivity index (χ3v) is 2.98. The van der Waals surface area contributed by atoms with Crippen LogP contribution in [0.25, 0.3) is 0 Å². The van der Waals surface area contributed by atoms with Gasteiger partial charge in [-0.3, -0.25) is 4.79 Å². The first kappa shape index (κ1) is 12.6. The van der Waals surface area contributed by atoms with Crippen LogP contribution >= 0.6 is 0 Å². The van der Waals surface area contributed by atoms with E-state index in [2.05, 4.69) is 17.2 Å². The summed E-state index contributed by atoms with van der Waals surface area (Å²) in [7, 11) is 0. The summed E-state index contributed by atoms with van der Waals surface area (Å²) in [6.07, 6.45) is 0.907. The van der Waals surface area contributed by atoms with Crippen molar-refractivity contribution < 1.29 is 14.3 Å². The number of aliphatic hydroxyl groups excluding tert-OH is 1. The van der Waals surface area contributed by atoms with E-state index in [1.165, 1.54) is 18.2 Å². The minimum Gasteiger partial charge on any atom is -0.384 e. The highest BCUT2D eigenvalue weighted by Gasteiger charge is 2.39. The lowest BCUT2D eigenvalue weighted by Crippen LogP contribution is -2.14. The maximum absolute atomic E-state index is 13.4. The average molecular weight is 247 g/mol. The minimum atomic E-state index is -0.464. The molecule has 94 valence electrons. The van der Waals surface area contributed by atoms with Gasteiger partial charge in [0.2, 0.25) is 5.91 Å². The van der Waals surface area contributed by atoms with Gasteiger partial charge in [-0.2, -0.15) is 0 Å². The molecule has 18 heavy (non-hydrogen) atoms. The number of carbonyl (C=O) groups is 1. The van der Waals surface area contributed by atoms with Crippen LogP contribution in [0.15, 0.2) is 18.2 Å². The van der Waals surface area contributed by atoms with E-state index in [9.17, 15) is 9.18 Å². The summed E-state index contributed by atoms with van der Waals surface area (Å²) in [5, 5.41) is 11.3. The number of carbonyl (C=O) groups excluding carboxylic acids is 1. The molecule has 4 heteroatoms. The topological polar surface area (TPSA) is 49.3 Å². The Balaban J connectivity index is 2.11. The number of hydrogen-bond donors (Lipinski definition) is 2. The number of benzene rings is 1. The van der Waals surface area contributed by atoms with E-state index in [4.69, 9.17) is 5.11 Å². The molecule has 1 aromatic rings. The van der Waals surface area contributed by atoms with Gasteiger partial charge in [-0.25, -0.2) is 4.39 Å². The molecule has 3 nitrogen and oxygen atoms in total. The van der Waals surface area contributed by atoms with Gasteiger partial charge in [0.1, 0.15) is 12.4 Å². The molecule has 0 heterocycles. The molecule has 0 saturated heterocycles. The van der Waals surface area contributed by atoms with Crippen molar-refractivity contribution in [3.63, 3.8) is 0 Å². The normalized spacial score (nSPS) is 20.8. The lowest BCUT2D eigenvalue weighted by atomic mass is 10.2. The molecule has 1 amide bonds. The number of amides is 1. The highest BCUT2D eigenvalue weighted by molar-refractivity contribution is 5.94. The fraction of sp³-hybridized carbons (Fsp3) is 0.357. The number of halogens is 1. The van der Waals surface area contributed by atoms with Crippen molar-refractivity contribution in [2.45, 2.75) is 13.3 Å². The maximum atomic E-state index is 13.4. The quantitative estimate of drug-likeness (QED) is 0.782. The van der Waals surface area contributed by atoms with Crippen molar-refractivity contribution in [2.24, 2.45) is 11.8 Å². The molecule has 2 N–H and O–H groups in total. The Bertz CT molecular complexity index is 530. The van der Waals surface area contributed by atoms with Crippen LogP contribution in [0.2, 0.25) is 0 Å². The fourth-order valence-corrected chi connectivity index (χ4v) is 1.76. The van der Waals surface area contributed by atoms with E-state index in [0.29, 0.717) is 11.6 Å². The van der Waals surface area contributed by atoms with Gasteiger partial charge >= 0.3 is 0 Å². The molecule has 0 bridgehead atoms. The van der Waals surface area contributed by atoms with Gasteiger partial charge in [0.15, 0.2) is 0 Å². The van der Waals surface area contributed by atoms with Crippen molar-refractivity contribution in [3.05, 3.63) is 29.6 Å². The Morgan fingerprint density at radius 2 is 2.33 bits per heavy atom. The van der Waals surface area contributed by atoms with Crippen LogP contribution in [-0.4, -0.2) is 17.6 Å². The lowest BCUT2D eigenvalue weighted by molar-refractivity contribution is -0.117. The van der Waals surface area contributed by atoms with Gasteiger partial charge in [0.25, 0.3) is 0 Å². The highest BCUT2D eigenvalue weighted by atomic mass is 19.1. The zero-order valence-corrected chi connectivity index (χ0v) is 10.0. The van der Waals surface area contributed by atoms with E-state index in [1.807, 2.05) is 6.92 Å². The van der Waals surface area contributed by atoms with Crippen molar-refractivity contribution in [2.75, 3.05) is 11.9 Å². The van der Waals surface area contributed by atoms with Crippen LogP contribution in [0.4, 0.5) is 10.1 Å². The smallest absolute Gasteiger partial charge is 0.227 e. The zero-order valence-electron chi connectivity index (χ0n) is 10.0. The minimum absolute atomic E-state index is 0.0322. The van der Waals surface area contributed by atoms with Gasteiger partial charge in [-0.1, -0.05) is 18.8 Å². The van der Waals surface area contributed by atoms with E-state index in [0.717, 1.165) is 6.42 Å². The number of hydrogen-bond acceptors (Lipinski definition) is 2. The van der Waals surface area contributed by atoms with E-state index < -0.39 is 5.82 Å². The van der Waals surface area contributed by atoms with Crippen molar-refractivity contribution in [1.82, 2.24) is 0 Å². The highest BCUT2D eigenvalue weighted by Crippen LogP contribution is 2.38. The Labute approximate surface area is 105 Å². The van der Waals surface area contributed by atoms with E-state index >= 15 is 0 Å². The number of anilines is 1. The largest absolute Gasteiger partial charge is 0.384 e. The summed E-state index contributed by atoms with van der Waals surface area (Å²) < 4.78 is 13.4. The molecule has 2 unspecified atom stereocenters. The lowest BCUT2D eigenvalue weighted by Gasteiger charge is -2.05. The molecule has 2 atom stereocenters. The first-order valence-corrected chi connectivity index (χ1v) is 5.82. The fourth-order valence-electron chi connectivity index (χ4n) is 1.76. The third-order valence-electron chi connectivity index (χ3n) is 2.98. The Morgan fingerprint density at radius 3 is 2.94 bits per heavy atom. The molecule has 1 aliphatic rings. The summed E-state index contributed by atoms with van der Waals surface area (Å²) in [5.74, 6) is 4.89. The second-order valence-corrected chi connectivity index (χ2v) is 4.46. The monoisotopic (exact) mass is 247 g/mol. The molecule has 2 rings (SSSR count). The Morgan fingerprint density at radius 1 is 1.61 bits per heavy atom. The molecule has 1 aliphatic carbocycles. The van der Waals surface area contributed by atoms with Crippen molar-refractivity contribution >= 4 is 11.6 Å². The van der Waals surface area contributed by atoms with Crippen LogP contribution in [0.5, 0.6) is 0 Å². The Kier molecular flexibility index (Phi) is 3.63. The predicted octanol–water partition coefficient (Wildman–Crippen LogP) is 1.76. The van der Waals surface area contributed by atoms with Crippen LogP contribution in [0.3, 0.4) is 0 Å². The second kappa shape index (κ2) is 5.19. The number of aliphatic hydroxyl groups is 1. The van der Waals surface area contributed by atoms with Crippen LogP contribution in [0.1, 0.15) is 18.9 Å². The SMILES string of the molecule is CC1CC1C(=O)Nc1ccc(F)c(C#CCO)c1. The van der Waals surface area contributed by atoms with Crippen LogP contribution < -0.4 is 5.32 Å². The van der Waals surface area contributed by atoms with Gasteiger partial charge < -0.3 is 10.4 Å². The van der Waals surface area contributed by atoms with E-state index in [-0.39, 0.29) is 24.0 Å². The van der Waals surface area contributed by atoms with Crippen molar-refractivity contribution in [1.29, 1.82) is 0 Å². The summed E-state index contributed by atoms with van der Waals surface area (Å²) in [5.41, 5.74) is 0.702. The molecule has 0 spiro atoms. The summed E-state index contributed by atoms with van der Waals surface area (Å²) in [6, 6.07) is 4.24. The van der Waals surface area contributed by atoms with Gasteiger partial charge in [0.05, 0.1) is 5.56 Å². The maximum Gasteiger partial charge on any atom is 0.227 e. The number of nitrogens with one attached hydrogen (secondary N) is 1. The second-order valence-electron chi connectivity index (χ2n) is 4.46. The first-order valence-electron chi connectivity index (χ1n) is 5.82. The van der Waals surface area contributed by atoms with Gasteiger partial charge in [-0.15, -0.1) is 0 Å². The molecule has 1 saturated carbocycles. The van der Waals surface area contributed by atoms with Gasteiger partial charge in [0, 0.05) is 11.6 Å². The third kappa shape index (κ3) is 2.88. The summed E-state index contributed by atoms with van der Waals surface area (Å²) in [6.45, 7) is 1.70. The van der Waals surface area contributed by atoms with Crippen LogP contribution in [-0.2, 0) is 4.79 Å². The molecule has 0 aliphatic heterocycles. The first-order chi connectivity index (χ1) is 8.61. The zero-order chi connectivity index (χ0) is 13.1. The molecule has 0 aromatic heterocycles. The molecular weight excluding hydrogens is 233 g/mol. The molecule has 0 radical (unpaired) electrons. The summed E-state index contributed by atoms with van der Waals surface area (Å²) in [4.78, 5) is 11.7. The number of rotatable bonds is 2. The predicted molar refractivity (Wildman–Crippen MR) is 66.3 cm³/mol. The Hall–Kier alpha value is -1.86. The molecule has 1 aromatic carbocycles.